The lowest BCUT2D eigenvalue weighted by atomic mass is 10.1. The van der Waals surface area contributed by atoms with Crippen LogP contribution < -0.4 is 5.32 Å². The second-order valence-corrected chi connectivity index (χ2v) is 6.26. The number of ether oxygens (including phenoxy) is 1. The fraction of sp³-hybridized carbons (Fsp3) is 0.500. The number of carbonyl (C=O) groups is 1. The third kappa shape index (κ3) is 3.54. The van der Waals surface area contributed by atoms with E-state index in [2.05, 4.69) is 30.6 Å². The van der Waals surface area contributed by atoms with Crippen molar-refractivity contribution in [2.24, 2.45) is 0 Å². The quantitative estimate of drug-likeness (QED) is 0.670. The van der Waals surface area contributed by atoms with Gasteiger partial charge in [-0.25, -0.2) is 9.50 Å². The van der Waals surface area contributed by atoms with Gasteiger partial charge in [-0.3, -0.25) is 4.79 Å². The van der Waals surface area contributed by atoms with Crippen LogP contribution in [0.5, 0.6) is 0 Å². The van der Waals surface area contributed by atoms with Gasteiger partial charge in [0.2, 0.25) is 0 Å². The summed E-state index contributed by atoms with van der Waals surface area (Å²) in [6, 6.07) is 1.41. The molecule has 0 unspecified atom stereocenters. The van der Waals surface area contributed by atoms with Gasteiger partial charge in [0.05, 0.1) is 18.3 Å². The second-order valence-electron chi connectivity index (χ2n) is 6.26. The molecule has 3 aromatic rings. The van der Waals surface area contributed by atoms with Crippen LogP contribution >= 0.6 is 0 Å². The van der Waals surface area contributed by atoms with Gasteiger partial charge in [0.25, 0.3) is 11.7 Å². The summed E-state index contributed by atoms with van der Waals surface area (Å²) in [5, 5.41) is 15.1. The van der Waals surface area contributed by atoms with E-state index in [-0.39, 0.29) is 17.9 Å². The van der Waals surface area contributed by atoms with Crippen LogP contribution in [0.2, 0.25) is 0 Å². The largest absolute Gasteiger partial charge is 0.383 e. The molecule has 0 bridgehead atoms. The molecule has 1 atom stereocenters. The predicted octanol–water partition coefficient (Wildman–Crippen LogP) is 0.977. The Hall–Kier alpha value is -2.88. The summed E-state index contributed by atoms with van der Waals surface area (Å²) in [7, 11) is 1.63. The van der Waals surface area contributed by atoms with Crippen molar-refractivity contribution in [1.29, 1.82) is 0 Å². The van der Waals surface area contributed by atoms with E-state index in [1.165, 1.54) is 6.33 Å². The molecule has 0 aliphatic carbocycles. The molecule has 0 aromatic carbocycles. The number of nitrogens with one attached hydrogen (secondary N) is 1. The number of hydrogen-bond donors (Lipinski definition) is 1. The number of nitrogens with zero attached hydrogens (tertiary/aromatic N) is 7. The van der Waals surface area contributed by atoms with Gasteiger partial charge < -0.3 is 14.6 Å². The number of fused-ring (bicyclic) bond motifs is 1. The maximum atomic E-state index is 12.7. The Labute approximate surface area is 150 Å². The van der Waals surface area contributed by atoms with E-state index in [0.717, 1.165) is 5.69 Å². The van der Waals surface area contributed by atoms with E-state index in [1.54, 1.807) is 24.0 Å². The summed E-state index contributed by atoms with van der Waals surface area (Å²) in [4.78, 5) is 21.1. The summed E-state index contributed by atoms with van der Waals surface area (Å²) in [6.45, 7) is 7.05. The lowest BCUT2D eigenvalue weighted by Crippen LogP contribution is -2.30. The Bertz CT molecular complexity index is 901. The maximum Gasteiger partial charge on any atom is 0.270 e. The highest BCUT2D eigenvalue weighted by atomic mass is 16.5. The number of amides is 1. The first-order chi connectivity index (χ1) is 12.5. The van der Waals surface area contributed by atoms with Crippen LogP contribution in [-0.4, -0.2) is 54.0 Å². The third-order valence-electron chi connectivity index (χ3n) is 4.02. The minimum absolute atomic E-state index is 0.170. The molecule has 0 radical (unpaired) electrons. The summed E-state index contributed by atoms with van der Waals surface area (Å²) in [6.07, 6.45) is 3.05. The van der Waals surface area contributed by atoms with Gasteiger partial charge in [0, 0.05) is 13.7 Å². The van der Waals surface area contributed by atoms with Crippen molar-refractivity contribution < 1.29 is 9.53 Å². The van der Waals surface area contributed by atoms with Gasteiger partial charge in [-0.05, 0) is 18.9 Å². The van der Waals surface area contributed by atoms with Crippen LogP contribution in [0.3, 0.4) is 0 Å². The molecule has 138 valence electrons. The summed E-state index contributed by atoms with van der Waals surface area (Å²) in [5.41, 5.74) is 1.16. The van der Waals surface area contributed by atoms with Crippen LogP contribution in [0.15, 0.2) is 18.7 Å². The molecule has 3 aromatic heterocycles. The third-order valence-corrected chi connectivity index (χ3v) is 4.02. The lowest BCUT2D eigenvalue weighted by molar-refractivity contribution is 0.0932. The second kappa shape index (κ2) is 7.56. The SMILES string of the molecule is COCCn1cnnc1[C@@H](C)NC(=O)c1cc(C(C)C)n2ncnc2n1. The summed E-state index contributed by atoms with van der Waals surface area (Å²) >= 11 is 0. The average Bonchev–Trinajstić information content (AvgIpc) is 3.27. The Kier molecular flexibility index (Phi) is 5.21. The molecule has 0 aliphatic heterocycles. The number of aromatic nitrogens is 7. The first-order valence-electron chi connectivity index (χ1n) is 8.39. The van der Waals surface area contributed by atoms with E-state index in [9.17, 15) is 4.79 Å². The minimum Gasteiger partial charge on any atom is -0.383 e. The average molecular weight is 358 g/mol. The topological polar surface area (TPSA) is 112 Å². The first kappa shape index (κ1) is 17.9. The molecule has 0 saturated carbocycles. The van der Waals surface area contributed by atoms with Gasteiger partial charge in [0.15, 0.2) is 5.82 Å². The smallest absolute Gasteiger partial charge is 0.270 e. The molecule has 1 N–H and O–H groups in total. The van der Waals surface area contributed by atoms with Crippen molar-refractivity contribution in [3.8, 4) is 0 Å². The molecule has 0 fully saturated rings. The zero-order chi connectivity index (χ0) is 18.7. The Morgan fingerprint density at radius 1 is 1.35 bits per heavy atom. The Morgan fingerprint density at radius 3 is 2.88 bits per heavy atom. The molecule has 1 amide bonds. The highest BCUT2D eigenvalue weighted by Gasteiger charge is 2.20. The van der Waals surface area contributed by atoms with Crippen molar-refractivity contribution in [3.05, 3.63) is 35.9 Å². The van der Waals surface area contributed by atoms with Crippen LogP contribution in [0.1, 0.15) is 54.7 Å². The molecule has 0 aliphatic rings. The van der Waals surface area contributed by atoms with Crippen molar-refractivity contribution >= 4 is 11.7 Å². The maximum absolute atomic E-state index is 12.7. The van der Waals surface area contributed by atoms with Gasteiger partial charge in [0.1, 0.15) is 18.3 Å². The van der Waals surface area contributed by atoms with Crippen LogP contribution in [-0.2, 0) is 11.3 Å². The van der Waals surface area contributed by atoms with Gasteiger partial charge in [-0.2, -0.15) is 10.1 Å². The fourth-order valence-corrected chi connectivity index (χ4v) is 2.66. The summed E-state index contributed by atoms with van der Waals surface area (Å²) < 4.78 is 8.58. The van der Waals surface area contributed by atoms with Gasteiger partial charge in [-0.15, -0.1) is 10.2 Å². The van der Waals surface area contributed by atoms with E-state index in [0.29, 0.717) is 30.4 Å². The van der Waals surface area contributed by atoms with Crippen LogP contribution in [0, 0.1) is 0 Å². The normalized spacial score (nSPS) is 12.7. The lowest BCUT2D eigenvalue weighted by Gasteiger charge is -2.15. The van der Waals surface area contributed by atoms with Crippen LogP contribution in [0.25, 0.3) is 5.78 Å². The zero-order valence-electron chi connectivity index (χ0n) is 15.2. The highest BCUT2D eigenvalue weighted by Crippen LogP contribution is 2.16. The molecule has 26 heavy (non-hydrogen) atoms. The Morgan fingerprint density at radius 2 is 2.15 bits per heavy atom. The number of carbonyl (C=O) groups excluding carboxylic acids is 1. The molecule has 3 heterocycles. The van der Waals surface area contributed by atoms with Gasteiger partial charge >= 0.3 is 0 Å². The van der Waals surface area contributed by atoms with E-state index < -0.39 is 0 Å². The van der Waals surface area contributed by atoms with E-state index in [1.807, 2.05) is 25.3 Å². The molecule has 10 heteroatoms. The van der Waals surface area contributed by atoms with Gasteiger partial charge in [-0.1, -0.05) is 13.8 Å². The minimum atomic E-state index is -0.333. The first-order valence-corrected chi connectivity index (χ1v) is 8.39. The molecule has 3 rings (SSSR count). The standard InChI is InChI=1S/C16H22N8O2/c1-10(2)13-7-12(21-16-17-8-19-24(13)16)15(25)20-11(3)14-22-18-9-23(14)5-6-26-4/h7-11H,5-6H2,1-4H3,(H,20,25)/t11-/m1/s1. The van der Waals surface area contributed by atoms with Crippen molar-refractivity contribution in [3.63, 3.8) is 0 Å². The number of methoxy groups -OCH3 is 1. The molecule has 0 saturated heterocycles. The van der Waals surface area contributed by atoms with Crippen molar-refractivity contribution in [2.45, 2.75) is 39.3 Å². The molecule has 0 spiro atoms. The fourth-order valence-electron chi connectivity index (χ4n) is 2.66. The van der Waals surface area contributed by atoms with Crippen molar-refractivity contribution in [1.82, 2.24) is 39.7 Å². The number of rotatable bonds is 7. The monoisotopic (exact) mass is 358 g/mol. The van der Waals surface area contributed by atoms with Crippen molar-refractivity contribution in [2.75, 3.05) is 13.7 Å². The molecular weight excluding hydrogens is 336 g/mol. The van der Waals surface area contributed by atoms with E-state index in [4.69, 9.17) is 4.74 Å². The zero-order valence-corrected chi connectivity index (χ0v) is 15.2. The molecular formula is C16H22N8O2. The highest BCUT2D eigenvalue weighted by molar-refractivity contribution is 5.93. The summed E-state index contributed by atoms with van der Waals surface area (Å²) in [5.74, 6) is 0.926. The van der Waals surface area contributed by atoms with Crippen LogP contribution in [0.4, 0.5) is 0 Å². The molecule has 10 nitrogen and oxygen atoms in total. The Balaban J connectivity index is 1.82. The number of hydrogen-bond acceptors (Lipinski definition) is 7. The van der Waals surface area contributed by atoms with E-state index >= 15 is 0 Å². The predicted molar refractivity (Wildman–Crippen MR) is 92.7 cm³/mol.